The minimum atomic E-state index is -0.0588. The van der Waals surface area contributed by atoms with E-state index in [1.54, 1.807) is 6.07 Å². The Kier molecular flexibility index (Phi) is 8.01. The zero-order valence-electron chi connectivity index (χ0n) is 18.7. The van der Waals surface area contributed by atoms with Crippen LogP contribution in [-0.2, 0) is 0 Å². The van der Waals surface area contributed by atoms with E-state index < -0.39 is 0 Å². The molecule has 0 spiro atoms. The number of hydrogen-bond acceptors (Lipinski definition) is 1. The van der Waals surface area contributed by atoms with Crippen molar-refractivity contribution in [2.45, 2.75) is 91.4 Å². The van der Waals surface area contributed by atoms with E-state index in [1.165, 1.54) is 75.7 Å². The van der Waals surface area contributed by atoms with Crippen molar-refractivity contribution in [1.29, 1.82) is 0 Å². The Morgan fingerprint density at radius 2 is 1.57 bits per heavy atom. The zero-order valence-corrected chi connectivity index (χ0v) is 19.5. The van der Waals surface area contributed by atoms with E-state index in [0.29, 0.717) is 22.7 Å². The van der Waals surface area contributed by atoms with Crippen LogP contribution in [0.1, 0.15) is 103 Å². The second-order valence-electron chi connectivity index (χ2n) is 10.9. The molecule has 0 radical (unpaired) electrons. The first-order valence-corrected chi connectivity index (χ1v) is 11.2. The number of halogens is 2. The van der Waals surface area contributed by atoms with Gasteiger partial charge in [-0.25, -0.2) is 4.39 Å². The Balaban J connectivity index is 0.00000280. The Morgan fingerprint density at radius 3 is 2.14 bits per heavy atom. The molecule has 1 saturated heterocycles. The average molecular weight is 410 g/mol. The van der Waals surface area contributed by atoms with E-state index in [9.17, 15) is 4.39 Å². The van der Waals surface area contributed by atoms with Gasteiger partial charge >= 0.3 is 0 Å². The fourth-order valence-corrected chi connectivity index (χ4v) is 6.19. The van der Waals surface area contributed by atoms with Crippen LogP contribution in [0.2, 0.25) is 0 Å². The van der Waals surface area contributed by atoms with Gasteiger partial charge in [0.15, 0.2) is 0 Å². The highest BCUT2D eigenvalue weighted by Gasteiger charge is 2.40. The maximum absolute atomic E-state index is 14.2. The summed E-state index contributed by atoms with van der Waals surface area (Å²) in [6.07, 6.45) is 8.65. The van der Waals surface area contributed by atoms with Gasteiger partial charge in [0.25, 0.3) is 0 Å². The highest BCUT2D eigenvalue weighted by Crippen LogP contribution is 2.53. The van der Waals surface area contributed by atoms with Gasteiger partial charge in [0.05, 0.1) is 0 Å². The molecule has 3 heteroatoms. The summed E-state index contributed by atoms with van der Waals surface area (Å²) in [7, 11) is 0. The molecule has 160 valence electrons. The fraction of sp³-hybridized carbons (Fsp3) is 0.760. The number of hydrogen-bond donors (Lipinski definition) is 0. The summed E-state index contributed by atoms with van der Waals surface area (Å²) in [6.45, 7) is 15.5. The Morgan fingerprint density at radius 1 is 0.964 bits per heavy atom. The van der Waals surface area contributed by atoms with Gasteiger partial charge in [-0.15, -0.1) is 12.4 Å². The summed E-state index contributed by atoms with van der Waals surface area (Å²) in [4.78, 5) is 2.60. The van der Waals surface area contributed by atoms with Crippen molar-refractivity contribution < 1.29 is 4.39 Å². The van der Waals surface area contributed by atoms with Gasteiger partial charge in [0.1, 0.15) is 5.82 Å². The molecular formula is C25H41ClFN. The van der Waals surface area contributed by atoms with Gasteiger partial charge in [-0.1, -0.05) is 47.1 Å². The molecule has 1 nitrogen and oxygen atoms in total. The molecule has 0 N–H and O–H groups in total. The molecule has 0 amide bonds. The SMILES string of the molecule is CCCCN1CCC(c2cc(F)ccc2C2CC(C)(C)CC(C)(C)C2)CC1.Cl. The average Bonchev–Trinajstić information content (AvgIpc) is 2.57. The van der Waals surface area contributed by atoms with Crippen molar-refractivity contribution >= 4 is 12.4 Å². The third kappa shape index (κ3) is 5.95. The minimum Gasteiger partial charge on any atom is -0.303 e. The van der Waals surface area contributed by atoms with Crippen molar-refractivity contribution in [2.24, 2.45) is 10.8 Å². The Labute approximate surface area is 178 Å². The first-order chi connectivity index (χ1) is 12.7. The molecule has 2 fully saturated rings. The molecule has 0 aromatic heterocycles. The first-order valence-electron chi connectivity index (χ1n) is 11.2. The lowest BCUT2D eigenvalue weighted by molar-refractivity contribution is 0.0962. The maximum atomic E-state index is 14.2. The van der Waals surface area contributed by atoms with Gasteiger partial charge in [0, 0.05) is 0 Å². The largest absolute Gasteiger partial charge is 0.303 e. The standard InChI is InChI=1S/C25H40FN.ClH/c1-6-7-12-27-13-10-19(11-14-27)23-15-21(26)8-9-22(23)20-16-24(2,3)18-25(4,5)17-20;/h8-9,15,19-20H,6-7,10-14,16-18H2,1-5H3;1H. The van der Waals surface area contributed by atoms with Crippen LogP contribution in [0.25, 0.3) is 0 Å². The van der Waals surface area contributed by atoms with Gasteiger partial charge in [-0.05, 0) is 104 Å². The minimum absolute atomic E-state index is 0. The molecule has 1 aromatic carbocycles. The molecular weight excluding hydrogens is 369 g/mol. The molecule has 1 saturated carbocycles. The summed E-state index contributed by atoms with van der Waals surface area (Å²) >= 11 is 0. The number of likely N-dealkylation sites (tertiary alicyclic amines) is 1. The van der Waals surface area contributed by atoms with E-state index >= 15 is 0 Å². The third-order valence-electron chi connectivity index (χ3n) is 6.90. The topological polar surface area (TPSA) is 3.24 Å². The maximum Gasteiger partial charge on any atom is 0.123 e. The molecule has 1 heterocycles. The molecule has 0 atom stereocenters. The second-order valence-corrected chi connectivity index (χ2v) is 10.9. The highest BCUT2D eigenvalue weighted by molar-refractivity contribution is 5.85. The number of rotatable bonds is 5. The highest BCUT2D eigenvalue weighted by atomic mass is 35.5. The van der Waals surface area contributed by atoms with E-state index in [2.05, 4.69) is 45.6 Å². The first kappa shape index (κ1) is 23.7. The Bertz CT molecular complexity index is 615. The summed E-state index contributed by atoms with van der Waals surface area (Å²) < 4.78 is 14.2. The predicted molar refractivity (Wildman–Crippen MR) is 121 cm³/mol. The lowest BCUT2D eigenvalue weighted by Crippen LogP contribution is -2.35. The van der Waals surface area contributed by atoms with Crippen LogP contribution in [0.4, 0.5) is 4.39 Å². The molecule has 3 rings (SSSR count). The van der Waals surface area contributed by atoms with Gasteiger partial charge in [-0.3, -0.25) is 0 Å². The van der Waals surface area contributed by atoms with Crippen LogP contribution in [0, 0.1) is 16.6 Å². The van der Waals surface area contributed by atoms with Gasteiger partial charge in [-0.2, -0.15) is 0 Å². The zero-order chi connectivity index (χ0) is 19.7. The van der Waals surface area contributed by atoms with Crippen LogP contribution >= 0.6 is 12.4 Å². The van der Waals surface area contributed by atoms with Crippen LogP contribution < -0.4 is 0 Å². The lowest BCUT2D eigenvalue weighted by atomic mass is 9.59. The van der Waals surface area contributed by atoms with Crippen LogP contribution in [-0.4, -0.2) is 24.5 Å². The number of unbranched alkanes of at least 4 members (excludes halogenated alkanes) is 1. The fourth-order valence-electron chi connectivity index (χ4n) is 6.19. The second kappa shape index (κ2) is 9.47. The summed E-state index contributed by atoms with van der Waals surface area (Å²) in [5.74, 6) is 1.04. The third-order valence-corrected chi connectivity index (χ3v) is 6.90. The van der Waals surface area contributed by atoms with Gasteiger partial charge < -0.3 is 4.90 Å². The molecule has 0 bridgehead atoms. The summed E-state index contributed by atoms with van der Waals surface area (Å²) in [5, 5.41) is 0. The normalized spacial score (nSPS) is 23.4. The van der Waals surface area contributed by atoms with E-state index in [4.69, 9.17) is 0 Å². The van der Waals surface area contributed by atoms with Crippen molar-refractivity contribution in [3.05, 3.63) is 35.1 Å². The summed E-state index contributed by atoms with van der Waals surface area (Å²) in [6, 6.07) is 5.69. The molecule has 1 aliphatic heterocycles. The number of nitrogens with zero attached hydrogens (tertiary/aromatic N) is 1. The van der Waals surface area contributed by atoms with Crippen LogP contribution in [0.5, 0.6) is 0 Å². The molecule has 28 heavy (non-hydrogen) atoms. The van der Waals surface area contributed by atoms with E-state index in [-0.39, 0.29) is 18.2 Å². The van der Waals surface area contributed by atoms with E-state index in [0.717, 1.165) is 0 Å². The smallest absolute Gasteiger partial charge is 0.123 e. The molecule has 0 unspecified atom stereocenters. The van der Waals surface area contributed by atoms with Crippen molar-refractivity contribution in [1.82, 2.24) is 4.90 Å². The quantitative estimate of drug-likeness (QED) is 0.485. The summed E-state index contributed by atoms with van der Waals surface area (Å²) in [5.41, 5.74) is 3.50. The Hall–Kier alpha value is -0.600. The van der Waals surface area contributed by atoms with Crippen molar-refractivity contribution in [3.8, 4) is 0 Å². The van der Waals surface area contributed by atoms with Crippen LogP contribution in [0.3, 0.4) is 0 Å². The molecule has 2 aliphatic rings. The lowest BCUT2D eigenvalue weighted by Gasteiger charge is -2.46. The van der Waals surface area contributed by atoms with Crippen LogP contribution in [0.15, 0.2) is 18.2 Å². The molecule has 1 aliphatic carbocycles. The van der Waals surface area contributed by atoms with Gasteiger partial charge in [0.2, 0.25) is 0 Å². The van der Waals surface area contributed by atoms with Crippen molar-refractivity contribution in [2.75, 3.05) is 19.6 Å². The number of benzene rings is 1. The van der Waals surface area contributed by atoms with E-state index in [1.807, 2.05) is 6.07 Å². The number of piperidine rings is 1. The monoisotopic (exact) mass is 409 g/mol. The molecule has 1 aromatic rings. The predicted octanol–water partition coefficient (Wildman–Crippen LogP) is 7.55. The van der Waals surface area contributed by atoms with Crippen molar-refractivity contribution in [3.63, 3.8) is 0 Å².